The van der Waals surface area contributed by atoms with E-state index in [2.05, 4.69) is 24.8 Å². The second-order valence-electron chi connectivity index (χ2n) is 5.63. The number of aromatic nitrogens is 1. The Kier molecular flexibility index (Phi) is 4.08. The zero-order chi connectivity index (χ0) is 14.0. The summed E-state index contributed by atoms with van der Waals surface area (Å²) in [5.74, 6) is 1.60. The van der Waals surface area contributed by atoms with Crippen LogP contribution in [-0.2, 0) is 12.8 Å². The molecule has 0 aliphatic heterocycles. The van der Waals surface area contributed by atoms with Gasteiger partial charge in [0.25, 0.3) is 0 Å². The fourth-order valence-corrected chi connectivity index (χ4v) is 2.63. The van der Waals surface area contributed by atoms with Crippen molar-refractivity contribution in [2.75, 3.05) is 18.5 Å². The topological polar surface area (TPSA) is 66.0 Å². The van der Waals surface area contributed by atoms with Crippen molar-refractivity contribution in [2.24, 2.45) is 11.7 Å². The first-order valence-electron chi connectivity index (χ1n) is 7.11. The van der Waals surface area contributed by atoms with Gasteiger partial charge >= 0.3 is 0 Å². The summed E-state index contributed by atoms with van der Waals surface area (Å²) in [5, 5.41) is 7.77. The van der Waals surface area contributed by atoms with Crippen molar-refractivity contribution in [1.82, 2.24) is 4.98 Å². The first kappa shape index (κ1) is 13.8. The average Bonchev–Trinajstić information content (AvgIpc) is 2.83. The molecule has 1 unspecified atom stereocenters. The van der Waals surface area contributed by atoms with E-state index < -0.39 is 0 Å². The number of aryl methyl sites for hydroxylation is 2. The number of rotatable bonds is 5. The van der Waals surface area contributed by atoms with Gasteiger partial charge in [-0.2, -0.15) is 0 Å². The highest BCUT2D eigenvalue weighted by Crippen LogP contribution is 2.27. The minimum atomic E-state index is 0.119. The Bertz CT molecular complexity index is 481. The number of anilines is 1. The van der Waals surface area contributed by atoms with Crippen LogP contribution >= 0.6 is 0 Å². The zero-order valence-corrected chi connectivity index (χ0v) is 12.2. The van der Waals surface area contributed by atoms with E-state index in [-0.39, 0.29) is 5.84 Å². The molecule has 0 aromatic carbocycles. The van der Waals surface area contributed by atoms with Crippen molar-refractivity contribution in [1.29, 1.82) is 5.41 Å². The van der Waals surface area contributed by atoms with Crippen LogP contribution in [0.15, 0.2) is 6.07 Å². The van der Waals surface area contributed by atoms with Crippen molar-refractivity contribution in [3.63, 3.8) is 0 Å². The molecule has 0 saturated carbocycles. The van der Waals surface area contributed by atoms with Gasteiger partial charge in [-0.05, 0) is 36.8 Å². The van der Waals surface area contributed by atoms with Crippen molar-refractivity contribution in [3.05, 3.63) is 22.9 Å². The average molecular weight is 260 g/mol. The summed E-state index contributed by atoms with van der Waals surface area (Å²) in [4.78, 5) is 6.91. The second kappa shape index (κ2) is 5.59. The zero-order valence-electron chi connectivity index (χ0n) is 12.2. The molecule has 0 spiro atoms. The lowest BCUT2D eigenvalue weighted by molar-refractivity contribution is 0.557. The molecule has 1 aromatic heterocycles. The van der Waals surface area contributed by atoms with Gasteiger partial charge in [-0.25, -0.2) is 4.98 Å². The lowest BCUT2D eigenvalue weighted by Gasteiger charge is -2.24. The molecule has 1 heterocycles. The summed E-state index contributed by atoms with van der Waals surface area (Å²) in [7, 11) is 2.04. The summed E-state index contributed by atoms with van der Waals surface area (Å²) in [6, 6.07) is 2.07. The third kappa shape index (κ3) is 2.88. The van der Waals surface area contributed by atoms with E-state index in [0.29, 0.717) is 5.92 Å². The normalized spacial score (nSPS) is 15.1. The van der Waals surface area contributed by atoms with Crippen LogP contribution in [-0.4, -0.2) is 24.4 Å². The highest BCUT2D eigenvalue weighted by Gasteiger charge is 2.20. The summed E-state index contributed by atoms with van der Waals surface area (Å²) >= 11 is 0. The van der Waals surface area contributed by atoms with E-state index in [1.54, 1.807) is 0 Å². The molecule has 4 heteroatoms. The van der Waals surface area contributed by atoms with Gasteiger partial charge in [0.2, 0.25) is 0 Å². The van der Waals surface area contributed by atoms with Gasteiger partial charge in [-0.1, -0.05) is 20.3 Å². The molecule has 0 amide bonds. The number of pyridine rings is 1. The number of hydrogen-bond donors (Lipinski definition) is 2. The quantitative estimate of drug-likeness (QED) is 0.631. The fraction of sp³-hybridized carbons (Fsp3) is 0.600. The molecule has 4 nitrogen and oxygen atoms in total. The summed E-state index contributed by atoms with van der Waals surface area (Å²) in [5.41, 5.74) is 8.97. The van der Waals surface area contributed by atoms with E-state index >= 15 is 0 Å². The molecule has 0 bridgehead atoms. The van der Waals surface area contributed by atoms with Crippen LogP contribution in [0, 0.1) is 11.3 Å². The van der Waals surface area contributed by atoms with Crippen LogP contribution in [0.1, 0.15) is 43.5 Å². The minimum absolute atomic E-state index is 0.119. The fourth-order valence-electron chi connectivity index (χ4n) is 2.63. The first-order chi connectivity index (χ1) is 9.02. The molecule has 1 aliphatic rings. The van der Waals surface area contributed by atoms with E-state index in [4.69, 9.17) is 16.1 Å². The van der Waals surface area contributed by atoms with Crippen LogP contribution in [0.5, 0.6) is 0 Å². The van der Waals surface area contributed by atoms with Gasteiger partial charge < -0.3 is 10.6 Å². The van der Waals surface area contributed by atoms with Gasteiger partial charge in [0, 0.05) is 19.3 Å². The molecule has 1 aromatic rings. The number of amidine groups is 1. The number of hydrogen-bond acceptors (Lipinski definition) is 3. The van der Waals surface area contributed by atoms with E-state index in [0.717, 1.165) is 43.6 Å². The van der Waals surface area contributed by atoms with E-state index in [1.807, 2.05) is 7.05 Å². The van der Waals surface area contributed by atoms with Crippen LogP contribution < -0.4 is 10.6 Å². The Morgan fingerprint density at radius 1 is 1.53 bits per heavy atom. The molecule has 3 N–H and O–H groups in total. The molecular weight excluding hydrogens is 236 g/mol. The largest absolute Gasteiger partial charge is 0.384 e. The molecule has 1 atom stereocenters. The second-order valence-corrected chi connectivity index (χ2v) is 5.63. The molecule has 104 valence electrons. The molecule has 19 heavy (non-hydrogen) atoms. The number of nitrogens with one attached hydrogen (secondary N) is 1. The van der Waals surface area contributed by atoms with Crippen molar-refractivity contribution >= 4 is 11.7 Å². The highest BCUT2D eigenvalue weighted by molar-refractivity contribution is 5.99. The molecule has 0 fully saturated rings. The number of nitrogen functional groups attached to an aromatic ring is 1. The number of nitrogens with zero attached hydrogens (tertiary/aromatic N) is 2. The van der Waals surface area contributed by atoms with Gasteiger partial charge in [0.05, 0.1) is 5.56 Å². The third-order valence-electron chi connectivity index (χ3n) is 3.96. The summed E-state index contributed by atoms with van der Waals surface area (Å²) in [6.45, 7) is 5.38. The SMILES string of the molecule is CCC(C)CN(C)c1nc2c(cc1C(=N)N)CCC2. The Hall–Kier alpha value is -1.58. The minimum Gasteiger partial charge on any atom is -0.384 e. The van der Waals surface area contributed by atoms with E-state index in [9.17, 15) is 0 Å². The Morgan fingerprint density at radius 3 is 2.89 bits per heavy atom. The predicted octanol–water partition coefficient (Wildman–Crippen LogP) is 2.34. The maximum atomic E-state index is 7.77. The number of nitrogens with two attached hydrogens (primary N) is 1. The van der Waals surface area contributed by atoms with Gasteiger partial charge in [0.15, 0.2) is 0 Å². The summed E-state index contributed by atoms with van der Waals surface area (Å²) in [6.07, 6.45) is 4.43. The lowest BCUT2D eigenvalue weighted by Crippen LogP contribution is -2.28. The molecule has 2 rings (SSSR count). The van der Waals surface area contributed by atoms with Crippen LogP contribution in [0.25, 0.3) is 0 Å². The first-order valence-corrected chi connectivity index (χ1v) is 7.11. The number of fused-ring (bicyclic) bond motifs is 1. The van der Waals surface area contributed by atoms with Gasteiger partial charge in [-0.3, -0.25) is 5.41 Å². The Labute approximate surface area is 115 Å². The molecule has 0 saturated heterocycles. The van der Waals surface area contributed by atoms with Crippen molar-refractivity contribution < 1.29 is 0 Å². The summed E-state index contributed by atoms with van der Waals surface area (Å²) < 4.78 is 0. The highest BCUT2D eigenvalue weighted by atomic mass is 15.2. The maximum absolute atomic E-state index is 7.77. The standard InChI is InChI=1S/C15H24N4/c1-4-10(2)9-19(3)15-12(14(16)17)8-11-6-5-7-13(11)18-15/h8,10H,4-7,9H2,1-3H3,(H3,16,17). The lowest BCUT2D eigenvalue weighted by atomic mass is 10.1. The molecular formula is C15H24N4. The van der Waals surface area contributed by atoms with Crippen LogP contribution in [0.3, 0.4) is 0 Å². The van der Waals surface area contributed by atoms with Crippen molar-refractivity contribution in [3.8, 4) is 0 Å². The maximum Gasteiger partial charge on any atom is 0.139 e. The smallest absolute Gasteiger partial charge is 0.139 e. The Balaban J connectivity index is 2.35. The van der Waals surface area contributed by atoms with Crippen LogP contribution in [0.4, 0.5) is 5.82 Å². The van der Waals surface area contributed by atoms with Crippen LogP contribution in [0.2, 0.25) is 0 Å². The van der Waals surface area contributed by atoms with Gasteiger partial charge in [-0.15, -0.1) is 0 Å². The molecule has 0 radical (unpaired) electrons. The third-order valence-corrected chi connectivity index (χ3v) is 3.96. The van der Waals surface area contributed by atoms with Gasteiger partial charge in [0.1, 0.15) is 11.7 Å². The Morgan fingerprint density at radius 2 is 2.26 bits per heavy atom. The monoisotopic (exact) mass is 260 g/mol. The predicted molar refractivity (Wildman–Crippen MR) is 80.0 cm³/mol. The van der Waals surface area contributed by atoms with E-state index in [1.165, 1.54) is 11.3 Å². The molecule has 1 aliphatic carbocycles. The van der Waals surface area contributed by atoms with Crippen molar-refractivity contribution in [2.45, 2.75) is 39.5 Å².